The van der Waals surface area contributed by atoms with Crippen molar-refractivity contribution in [1.29, 1.82) is 0 Å². The van der Waals surface area contributed by atoms with Gasteiger partial charge in [0.15, 0.2) is 5.76 Å². The lowest BCUT2D eigenvalue weighted by atomic mass is 9.91. The van der Waals surface area contributed by atoms with E-state index in [1.807, 2.05) is 12.0 Å². The summed E-state index contributed by atoms with van der Waals surface area (Å²) >= 11 is 0. The topological polar surface area (TPSA) is 45.9 Å². The Labute approximate surface area is 125 Å². The van der Waals surface area contributed by atoms with Crippen molar-refractivity contribution >= 4 is 5.91 Å². The summed E-state index contributed by atoms with van der Waals surface area (Å²) in [6.07, 6.45) is 6.83. The zero-order valence-electron chi connectivity index (χ0n) is 12.7. The monoisotopic (exact) mass is 292 g/mol. The van der Waals surface area contributed by atoms with Gasteiger partial charge in [-0.25, -0.2) is 0 Å². The number of amides is 1. The van der Waals surface area contributed by atoms with E-state index in [9.17, 15) is 4.79 Å². The van der Waals surface area contributed by atoms with Crippen LogP contribution in [0.25, 0.3) is 0 Å². The number of hydrogen-bond donors (Lipinski definition) is 0. The maximum Gasteiger partial charge on any atom is 0.289 e. The minimum Gasteiger partial charge on any atom is -0.459 e. The molecule has 1 aromatic heterocycles. The van der Waals surface area contributed by atoms with Gasteiger partial charge >= 0.3 is 0 Å². The number of furan rings is 1. The van der Waals surface area contributed by atoms with Gasteiger partial charge in [0.05, 0.1) is 12.4 Å². The minimum atomic E-state index is 0.00610. The number of methoxy groups -OCH3 is 1. The molecule has 116 valence electrons. The van der Waals surface area contributed by atoms with Gasteiger partial charge in [-0.05, 0) is 25.0 Å². The zero-order chi connectivity index (χ0) is 14.7. The number of nitrogens with zero attached hydrogens (tertiary/aromatic N) is 2. The second-order valence-corrected chi connectivity index (χ2v) is 5.93. The van der Waals surface area contributed by atoms with E-state index in [2.05, 4.69) is 4.90 Å². The molecular formula is C16H24N2O3. The molecule has 3 rings (SSSR count). The van der Waals surface area contributed by atoms with Crippen LogP contribution >= 0.6 is 0 Å². The number of hydrogen-bond acceptors (Lipinski definition) is 4. The summed E-state index contributed by atoms with van der Waals surface area (Å²) in [5, 5.41) is 0. The van der Waals surface area contributed by atoms with E-state index in [1.54, 1.807) is 18.4 Å². The van der Waals surface area contributed by atoms with Crippen LogP contribution in [0.15, 0.2) is 22.8 Å². The van der Waals surface area contributed by atoms with Gasteiger partial charge in [0.1, 0.15) is 0 Å². The molecule has 0 aromatic carbocycles. The van der Waals surface area contributed by atoms with E-state index in [0.29, 0.717) is 17.9 Å². The Bertz CT molecular complexity index is 452. The summed E-state index contributed by atoms with van der Waals surface area (Å²) < 4.78 is 10.9. The maximum absolute atomic E-state index is 12.3. The summed E-state index contributed by atoms with van der Waals surface area (Å²) in [5.74, 6) is 0.447. The molecule has 2 aliphatic rings. The molecule has 0 radical (unpaired) electrons. The second kappa shape index (κ2) is 6.62. The van der Waals surface area contributed by atoms with E-state index in [1.165, 1.54) is 19.3 Å². The van der Waals surface area contributed by atoms with Crippen LogP contribution < -0.4 is 0 Å². The maximum atomic E-state index is 12.3. The van der Waals surface area contributed by atoms with E-state index in [-0.39, 0.29) is 5.91 Å². The average Bonchev–Trinajstić information content (AvgIpc) is 3.09. The van der Waals surface area contributed by atoms with Crippen molar-refractivity contribution in [1.82, 2.24) is 9.80 Å². The quantitative estimate of drug-likeness (QED) is 0.855. The van der Waals surface area contributed by atoms with Crippen molar-refractivity contribution in [2.45, 2.75) is 37.8 Å². The Balaban J connectivity index is 1.56. The van der Waals surface area contributed by atoms with Crippen molar-refractivity contribution < 1.29 is 13.9 Å². The third-order valence-corrected chi connectivity index (χ3v) is 4.77. The number of carbonyl (C=O) groups excluding carboxylic acids is 1. The molecule has 5 heteroatoms. The third-order valence-electron chi connectivity index (χ3n) is 4.77. The van der Waals surface area contributed by atoms with E-state index in [4.69, 9.17) is 9.15 Å². The lowest BCUT2D eigenvalue weighted by molar-refractivity contribution is -0.0252. The summed E-state index contributed by atoms with van der Waals surface area (Å²) in [7, 11) is 1.82. The van der Waals surface area contributed by atoms with Crippen molar-refractivity contribution in [3.05, 3.63) is 24.2 Å². The molecule has 2 atom stereocenters. The summed E-state index contributed by atoms with van der Waals surface area (Å²) in [6, 6.07) is 4.01. The molecule has 2 fully saturated rings. The first-order valence-electron chi connectivity index (χ1n) is 7.89. The highest BCUT2D eigenvalue weighted by Gasteiger charge is 2.33. The standard InChI is InChI=1S/C16H24N2O3/c1-20-14-6-3-2-5-13(14)17-8-10-18(11-9-17)16(19)15-7-4-12-21-15/h4,7,12-14H,2-3,5-6,8-11H2,1H3/t13-,14-/m1/s1. The smallest absolute Gasteiger partial charge is 0.289 e. The largest absolute Gasteiger partial charge is 0.459 e. The number of piperazine rings is 1. The fourth-order valence-electron chi connectivity index (χ4n) is 3.58. The predicted molar refractivity (Wildman–Crippen MR) is 79.2 cm³/mol. The van der Waals surface area contributed by atoms with Gasteiger partial charge in [0.25, 0.3) is 5.91 Å². The summed E-state index contributed by atoms with van der Waals surface area (Å²) in [6.45, 7) is 3.40. The lowest BCUT2D eigenvalue weighted by Crippen LogP contribution is -2.55. The van der Waals surface area contributed by atoms with Gasteiger partial charge in [-0.3, -0.25) is 9.69 Å². The molecule has 1 aromatic rings. The van der Waals surface area contributed by atoms with Crippen molar-refractivity contribution in [2.75, 3.05) is 33.3 Å². The fourth-order valence-corrected chi connectivity index (χ4v) is 3.58. The van der Waals surface area contributed by atoms with Gasteiger partial charge in [-0.1, -0.05) is 12.8 Å². The minimum absolute atomic E-state index is 0.00610. The van der Waals surface area contributed by atoms with Crippen LogP contribution in [0.1, 0.15) is 36.2 Å². The first-order valence-corrected chi connectivity index (χ1v) is 7.89. The fraction of sp³-hybridized carbons (Fsp3) is 0.688. The molecule has 1 saturated heterocycles. The number of ether oxygens (including phenoxy) is 1. The van der Waals surface area contributed by atoms with Crippen LogP contribution in [-0.2, 0) is 4.74 Å². The second-order valence-electron chi connectivity index (χ2n) is 5.93. The van der Waals surface area contributed by atoms with Crippen LogP contribution in [0.2, 0.25) is 0 Å². The lowest BCUT2D eigenvalue weighted by Gasteiger charge is -2.43. The highest BCUT2D eigenvalue weighted by atomic mass is 16.5. The van der Waals surface area contributed by atoms with Crippen LogP contribution in [0.3, 0.4) is 0 Å². The van der Waals surface area contributed by atoms with Gasteiger partial charge in [-0.2, -0.15) is 0 Å². The van der Waals surface area contributed by atoms with Crippen LogP contribution in [0.4, 0.5) is 0 Å². The van der Waals surface area contributed by atoms with Gasteiger partial charge in [-0.15, -0.1) is 0 Å². The number of rotatable bonds is 3. The Morgan fingerprint density at radius 2 is 2.00 bits per heavy atom. The number of carbonyl (C=O) groups is 1. The van der Waals surface area contributed by atoms with Gasteiger partial charge in [0, 0.05) is 39.3 Å². The third kappa shape index (κ3) is 3.14. The molecule has 5 nitrogen and oxygen atoms in total. The van der Waals surface area contributed by atoms with Crippen LogP contribution in [0.5, 0.6) is 0 Å². The molecule has 21 heavy (non-hydrogen) atoms. The molecule has 1 aliphatic heterocycles. The molecular weight excluding hydrogens is 268 g/mol. The van der Waals surface area contributed by atoms with Crippen LogP contribution in [0, 0.1) is 0 Å². The SMILES string of the molecule is CO[C@@H]1CCCC[C@H]1N1CCN(C(=O)c2ccco2)CC1. The van der Waals surface area contributed by atoms with Crippen LogP contribution in [-0.4, -0.2) is 61.1 Å². The average molecular weight is 292 g/mol. The van der Waals surface area contributed by atoms with E-state index >= 15 is 0 Å². The molecule has 0 unspecified atom stereocenters. The Hall–Kier alpha value is -1.33. The van der Waals surface area contributed by atoms with Crippen molar-refractivity contribution in [3.8, 4) is 0 Å². The predicted octanol–water partition coefficient (Wildman–Crippen LogP) is 1.99. The Morgan fingerprint density at radius 3 is 2.67 bits per heavy atom. The van der Waals surface area contributed by atoms with E-state index < -0.39 is 0 Å². The van der Waals surface area contributed by atoms with Gasteiger partial charge < -0.3 is 14.1 Å². The van der Waals surface area contributed by atoms with E-state index in [0.717, 1.165) is 32.6 Å². The molecule has 1 aliphatic carbocycles. The Morgan fingerprint density at radius 1 is 1.24 bits per heavy atom. The normalized spacial score (nSPS) is 27.8. The molecule has 0 spiro atoms. The Kier molecular flexibility index (Phi) is 4.60. The zero-order valence-corrected chi connectivity index (χ0v) is 12.7. The first kappa shape index (κ1) is 14.6. The summed E-state index contributed by atoms with van der Waals surface area (Å²) in [5.41, 5.74) is 0. The highest BCUT2D eigenvalue weighted by Crippen LogP contribution is 2.26. The molecule has 0 N–H and O–H groups in total. The molecule has 0 bridgehead atoms. The molecule has 1 amide bonds. The first-order chi connectivity index (χ1) is 10.3. The van der Waals surface area contributed by atoms with Crippen molar-refractivity contribution in [3.63, 3.8) is 0 Å². The summed E-state index contributed by atoms with van der Waals surface area (Å²) in [4.78, 5) is 16.6. The van der Waals surface area contributed by atoms with Crippen molar-refractivity contribution in [2.24, 2.45) is 0 Å². The van der Waals surface area contributed by atoms with Gasteiger partial charge in [0.2, 0.25) is 0 Å². The highest BCUT2D eigenvalue weighted by molar-refractivity contribution is 5.91. The molecule has 1 saturated carbocycles. The molecule has 2 heterocycles.